The fourth-order valence-electron chi connectivity index (χ4n) is 1.60. The highest BCUT2D eigenvalue weighted by Gasteiger charge is 2.17. The van der Waals surface area contributed by atoms with E-state index in [4.69, 9.17) is 0 Å². The number of thioether (sulfide) groups is 1. The molecule has 1 aromatic heterocycles. The fraction of sp³-hybridized carbons (Fsp3) is 0.357. The molecule has 0 saturated carbocycles. The second kappa shape index (κ2) is 7.94. The molecule has 0 saturated heterocycles. The van der Waals surface area contributed by atoms with Gasteiger partial charge in [0, 0.05) is 16.2 Å². The minimum Gasteiger partial charge on any atom is -0.353 e. The SMILES string of the molecule is CC(C)NC(=O)C(C)Sc1nnc(Nc2cccc(Br)c2)s1. The Bertz CT molecular complexity index is 647. The number of nitrogens with one attached hydrogen (secondary N) is 2. The van der Waals surface area contributed by atoms with E-state index >= 15 is 0 Å². The number of carbonyl (C=O) groups excluding carboxylic acids is 1. The van der Waals surface area contributed by atoms with Gasteiger partial charge in [-0.05, 0) is 39.0 Å². The summed E-state index contributed by atoms with van der Waals surface area (Å²) in [5.41, 5.74) is 0.938. The number of hydrogen-bond acceptors (Lipinski definition) is 6. The van der Waals surface area contributed by atoms with Crippen LogP contribution in [0.5, 0.6) is 0 Å². The van der Waals surface area contributed by atoms with Gasteiger partial charge in [0.15, 0.2) is 4.34 Å². The molecule has 8 heteroatoms. The van der Waals surface area contributed by atoms with Crippen molar-refractivity contribution in [2.24, 2.45) is 0 Å². The highest BCUT2D eigenvalue weighted by Crippen LogP contribution is 2.30. The number of rotatable bonds is 6. The van der Waals surface area contributed by atoms with Crippen LogP contribution in [0.1, 0.15) is 20.8 Å². The lowest BCUT2D eigenvalue weighted by molar-refractivity contribution is -0.120. The van der Waals surface area contributed by atoms with Gasteiger partial charge in [0.05, 0.1) is 5.25 Å². The molecular weight excluding hydrogens is 384 g/mol. The number of nitrogens with zero attached hydrogens (tertiary/aromatic N) is 2. The topological polar surface area (TPSA) is 66.9 Å². The summed E-state index contributed by atoms with van der Waals surface area (Å²) < 4.78 is 1.76. The molecular formula is C14H17BrN4OS2. The molecule has 0 spiro atoms. The number of hydrogen-bond donors (Lipinski definition) is 2. The van der Waals surface area contributed by atoms with Crippen LogP contribution in [0.4, 0.5) is 10.8 Å². The maximum absolute atomic E-state index is 11.9. The first-order valence-electron chi connectivity index (χ1n) is 6.77. The molecule has 2 aromatic rings. The minimum absolute atomic E-state index is 0.0108. The van der Waals surface area contributed by atoms with E-state index in [0.717, 1.165) is 14.5 Å². The van der Waals surface area contributed by atoms with E-state index in [9.17, 15) is 4.79 Å². The molecule has 0 aliphatic heterocycles. The van der Waals surface area contributed by atoms with Crippen LogP contribution in [0.3, 0.4) is 0 Å². The van der Waals surface area contributed by atoms with Crippen molar-refractivity contribution in [3.05, 3.63) is 28.7 Å². The summed E-state index contributed by atoms with van der Waals surface area (Å²) in [7, 11) is 0. The van der Waals surface area contributed by atoms with E-state index in [1.807, 2.05) is 45.0 Å². The van der Waals surface area contributed by atoms with Gasteiger partial charge in [-0.15, -0.1) is 10.2 Å². The van der Waals surface area contributed by atoms with E-state index in [-0.39, 0.29) is 17.2 Å². The Balaban J connectivity index is 1.95. The minimum atomic E-state index is -0.200. The molecule has 0 aliphatic rings. The zero-order chi connectivity index (χ0) is 16.1. The van der Waals surface area contributed by atoms with Gasteiger partial charge in [-0.2, -0.15) is 0 Å². The summed E-state index contributed by atoms with van der Waals surface area (Å²) in [5.74, 6) is 0.0108. The second-order valence-corrected chi connectivity index (χ2v) is 8.41. The lowest BCUT2D eigenvalue weighted by atomic mass is 10.3. The monoisotopic (exact) mass is 400 g/mol. The first-order valence-corrected chi connectivity index (χ1v) is 9.26. The molecule has 0 aliphatic carbocycles. The maximum atomic E-state index is 11.9. The van der Waals surface area contributed by atoms with Crippen LogP contribution in [-0.2, 0) is 4.79 Å². The smallest absolute Gasteiger partial charge is 0.233 e. The number of benzene rings is 1. The van der Waals surface area contributed by atoms with Gasteiger partial charge < -0.3 is 10.6 Å². The lowest BCUT2D eigenvalue weighted by Gasteiger charge is -2.12. The third-order valence-corrected chi connectivity index (χ3v) is 5.08. The van der Waals surface area contributed by atoms with Crippen molar-refractivity contribution in [1.82, 2.24) is 15.5 Å². The average molecular weight is 401 g/mol. The van der Waals surface area contributed by atoms with Crippen molar-refractivity contribution in [2.75, 3.05) is 5.32 Å². The van der Waals surface area contributed by atoms with Crippen LogP contribution in [0, 0.1) is 0 Å². The van der Waals surface area contributed by atoms with Crippen molar-refractivity contribution in [2.45, 2.75) is 36.4 Å². The predicted molar refractivity (Wildman–Crippen MR) is 95.9 cm³/mol. The van der Waals surface area contributed by atoms with Crippen LogP contribution >= 0.6 is 39.0 Å². The van der Waals surface area contributed by atoms with Gasteiger partial charge in [-0.1, -0.05) is 45.1 Å². The number of aromatic nitrogens is 2. The van der Waals surface area contributed by atoms with Crippen LogP contribution in [0.25, 0.3) is 0 Å². The van der Waals surface area contributed by atoms with Crippen molar-refractivity contribution in [3.63, 3.8) is 0 Å². The van der Waals surface area contributed by atoms with Gasteiger partial charge in [0.1, 0.15) is 0 Å². The van der Waals surface area contributed by atoms with Crippen LogP contribution in [-0.4, -0.2) is 27.4 Å². The Labute approximate surface area is 146 Å². The number of carbonyl (C=O) groups is 1. The molecule has 1 atom stereocenters. The summed E-state index contributed by atoms with van der Waals surface area (Å²) in [5, 5.41) is 14.8. The zero-order valence-corrected chi connectivity index (χ0v) is 15.7. The van der Waals surface area contributed by atoms with Crippen LogP contribution < -0.4 is 10.6 Å². The predicted octanol–water partition coefficient (Wildman–Crippen LogP) is 4.05. The normalized spacial score (nSPS) is 12.2. The van der Waals surface area contributed by atoms with Crippen molar-refractivity contribution in [1.29, 1.82) is 0 Å². The van der Waals surface area contributed by atoms with Crippen molar-refractivity contribution < 1.29 is 4.79 Å². The van der Waals surface area contributed by atoms with Gasteiger partial charge >= 0.3 is 0 Å². The molecule has 118 valence electrons. The Kier molecular flexibility index (Phi) is 6.22. The molecule has 22 heavy (non-hydrogen) atoms. The molecule has 0 radical (unpaired) electrons. The van der Waals surface area contributed by atoms with Gasteiger partial charge in [-0.3, -0.25) is 4.79 Å². The molecule has 0 bridgehead atoms. The molecule has 2 rings (SSSR count). The van der Waals surface area contributed by atoms with Crippen LogP contribution in [0.2, 0.25) is 0 Å². The Morgan fingerprint density at radius 1 is 1.32 bits per heavy atom. The van der Waals surface area contributed by atoms with E-state index < -0.39 is 0 Å². The standard InChI is InChI=1S/C14H17BrN4OS2/c1-8(2)16-12(20)9(3)21-14-19-18-13(22-14)17-11-6-4-5-10(15)7-11/h4-9H,1-3H3,(H,16,20)(H,17,18). The molecule has 5 nitrogen and oxygen atoms in total. The largest absolute Gasteiger partial charge is 0.353 e. The zero-order valence-electron chi connectivity index (χ0n) is 12.5. The Morgan fingerprint density at radius 3 is 2.77 bits per heavy atom. The van der Waals surface area contributed by atoms with Crippen molar-refractivity contribution >= 4 is 55.8 Å². The third-order valence-electron chi connectivity index (χ3n) is 2.56. The summed E-state index contributed by atoms with van der Waals surface area (Å²) in [6.07, 6.45) is 0. The van der Waals surface area contributed by atoms with Gasteiger partial charge in [0.2, 0.25) is 11.0 Å². The molecule has 0 fully saturated rings. The first kappa shape index (κ1) is 17.2. The van der Waals surface area contributed by atoms with E-state index in [2.05, 4.69) is 36.8 Å². The second-order valence-electron chi connectivity index (χ2n) is 4.93. The average Bonchev–Trinajstić information content (AvgIpc) is 2.85. The summed E-state index contributed by atoms with van der Waals surface area (Å²) in [6, 6.07) is 7.96. The first-order chi connectivity index (χ1) is 10.4. The number of amides is 1. The summed E-state index contributed by atoms with van der Waals surface area (Å²) >= 11 is 6.27. The molecule has 2 N–H and O–H groups in total. The van der Waals surface area contributed by atoms with E-state index in [1.54, 1.807) is 0 Å². The Hall–Kier alpha value is -1.12. The maximum Gasteiger partial charge on any atom is 0.233 e. The summed E-state index contributed by atoms with van der Waals surface area (Å²) in [4.78, 5) is 11.9. The van der Waals surface area contributed by atoms with Gasteiger partial charge in [-0.25, -0.2) is 0 Å². The lowest BCUT2D eigenvalue weighted by Crippen LogP contribution is -2.35. The molecule has 1 aromatic carbocycles. The highest BCUT2D eigenvalue weighted by molar-refractivity contribution is 9.10. The Morgan fingerprint density at radius 2 is 2.09 bits per heavy atom. The third kappa shape index (κ3) is 5.26. The summed E-state index contributed by atoms with van der Waals surface area (Å²) in [6.45, 7) is 5.76. The molecule has 1 amide bonds. The molecule has 1 heterocycles. The van der Waals surface area contributed by atoms with E-state index in [1.165, 1.54) is 23.1 Å². The van der Waals surface area contributed by atoms with Crippen LogP contribution in [0.15, 0.2) is 33.1 Å². The fourth-order valence-corrected chi connectivity index (χ4v) is 3.93. The number of halogens is 1. The quantitative estimate of drug-likeness (QED) is 0.715. The number of anilines is 2. The van der Waals surface area contributed by atoms with Gasteiger partial charge in [0.25, 0.3) is 0 Å². The highest BCUT2D eigenvalue weighted by atomic mass is 79.9. The molecule has 1 unspecified atom stereocenters. The van der Waals surface area contributed by atoms with E-state index in [0.29, 0.717) is 5.13 Å². The van der Waals surface area contributed by atoms with Crippen molar-refractivity contribution in [3.8, 4) is 0 Å².